The van der Waals surface area contributed by atoms with Crippen molar-refractivity contribution < 1.29 is 0 Å². The molecular formula is C16H19ClN8O. The molecule has 136 valence electrons. The van der Waals surface area contributed by atoms with Crippen LogP contribution in [0.15, 0.2) is 17.2 Å². The van der Waals surface area contributed by atoms with E-state index in [0.717, 1.165) is 48.9 Å². The molecule has 26 heavy (non-hydrogen) atoms. The predicted molar refractivity (Wildman–Crippen MR) is 100.0 cm³/mol. The van der Waals surface area contributed by atoms with Crippen LogP contribution in [0.25, 0.3) is 11.0 Å². The summed E-state index contributed by atoms with van der Waals surface area (Å²) in [7, 11) is 3.47. The maximum atomic E-state index is 12.0. The van der Waals surface area contributed by atoms with Gasteiger partial charge in [0.1, 0.15) is 16.7 Å². The Bertz CT molecular complexity index is 1030. The maximum Gasteiger partial charge on any atom is 0.287 e. The fourth-order valence-electron chi connectivity index (χ4n) is 3.24. The summed E-state index contributed by atoms with van der Waals surface area (Å²) >= 11 is 6.23. The molecule has 1 saturated heterocycles. The first-order valence-corrected chi connectivity index (χ1v) is 8.71. The smallest absolute Gasteiger partial charge is 0.287 e. The molecule has 4 heterocycles. The third-order valence-electron chi connectivity index (χ3n) is 4.66. The number of aromatic nitrogens is 6. The minimum atomic E-state index is -0.282. The Hall–Kier alpha value is -2.68. The first kappa shape index (κ1) is 16.8. The number of rotatable bonds is 2. The monoisotopic (exact) mass is 374 g/mol. The van der Waals surface area contributed by atoms with E-state index in [1.165, 1.54) is 4.68 Å². The predicted octanol–water partition coefficient (Wildman–Crippen LogP) is 0.745. The molecule has 0 bridgehead atoms. The van der Waals surface area contributed by atoms with E-state index in [1.54, 1.807) is 24.1 Å². The third-order valence-corrected chi connectivity index (χ3v) is 5.02. The molecule has 0 atom stereocenters. The Morgan fingerprint density at radius 1 is 0.962 bits per heavy atom. The van der Waals surface area contributed by atoms with Crippen LogP contribution in [0.4, 0.5) is 11.5 Å². The molecule has 4 rings (SSSR count). The molecule has 9 nitrogen and oxygen atoms in total. The van der Waals surface area contributed by atoms with Crippen molar-refractivity contribution in [2.75, 3.05) is 36.0 Å². The lowest BCUT2D eigenvalue weighted by molar-refractivity contribution is 0.639. The number of piperazine rings is 1. The highest BCUT2D eigenvalue weighted by Gasteiger charge is 2.24. The van der Waals surface area contributed by atoms with E-state index >= 15 is 0 Å². The lowest BCUT2D eigenvalue weighted by atomic mass is 10.2. The highest BCUT2D eigenvalue weighted by molar-refractivity contribution is 6.33. The van der Waals surface area contributed by atoms with Crippen molar-refractivity contribution in [3.8, 4) is 0 Å². The summed E-state index contributed by atoms with van der Waals surface area (Å²) in [5.74, 6) is 1.62. The second-order valence-electron chi connectivity index (χ2n) is 6.35. The minimum Gasteiger partial charge on any atom is -0.365 e. The van der Waals surface area contributed by atoms with E-state index in [9.17, 15) is 4.79 Å². The van der Waals surface area contributed by atoms with Gasteiger partial charge in [0.15, 0.2) is 5.65 Å². The molecule has 1 fully saturated rings. The first-order chi connectivity index (χ1) is 12.5. The zero-order valence-electron chi connectivity index (χ0n) is 14.8. The maximum absolute atomic E-state index is 12.0. The fourth-order valence-corrected chi connectivity index (χ4v) is 3.53. The van der Waals surface area contributed by atoms with Gasteiger partial charge in [-0.1, -0.05) is 11.6 Å². The Labute approximate surface area is 154 Å². The van der Waals surface area contributed by atoms with Crippen LogP contribution in [0.1, 0.15) is 5.82 Å². The largest absolute Gasteiger partial charge is 0.365 e. The number of nitrogens with zero attached hydrogens (tertiary/aromatic N) is 8. The highest BCUT2D eigenvalue weighted by atomic mass is 35.5. The Morgan fingerprint density at radius 2 is 1.62 bits per heavy atom. The number of anilines is 2. The normalized spacial score (nSPS) is 15.1. The van der Waals surface area contributed by atoms with Crippen molar-refractivity contribution in [3.63, 3.8) is 0 Å². The van der Waals surface area contributed by atoms with Crippen LogP contribution < -0.4 is 15.4 Å². The van der Waals surface area contributed by atoms with Gasteiger partial charge in [0, 0.05) is 40.3 Å². The molecule has 0 aliphatic carbocycles. The van der Waals surface area contributed by atoms with E-state index in [2.05, 4.69) is 30.0 Å². The highest BCUT2D eigenvalue weighted by Crippen LogP contribution is 2.27. The molecule has 0 aromatic carbocycles. The summed E-state index contributed by atoms with van der Waals surface area (Å²) in [6.07, 6.45) is 3.45. The lowest BCUT2D eigenvalue weighted by Crippen LogP contribution is -2.47. The van der Waals surface area contributed by atoms with Crippen LogP contribution in [-0.2, 0) is 14.1 Å². The van der Waals surface area contributed by atoms with Gasteiger partial charge in [-0.3, -0.25) is 9.48 Å². The van der Waals surface area contributed by atoms with Gasteiger partial charge in [-0.15, -0.1) is 0 Å². The number of fused-ring (bicyclic) bond motifs is 1. The molecule has 3 aromatic rings. The van der Waals surface area contributed by atoms with Crippen LogP contribution in [-0.4, -0.2) is 55.7 Å². The molecule has 1 aliphatic heterocycles. The summed E-state index contributed by atoms with van der Waals surface area (Å²) in [4.78, 5) is 25.4. The second-order valence-corrected chi connectivity index (χ2v) is 6.72. The molecule has 0 unspecified atom stereocenters. The first-order valence-electron chi connectivity index (χ1n) is 8.34. The van der Waals surface area contributed by atoms with E-state index in [0.29, 0.717) is 5.69 Å². The molecule has 3 aromatic heterocycles. The summed E-state index contributed by atoms with van der Waals surface area (Å²) < 4.78 is 3.00. The number of hydrogen-bond acceptors (Lipinski definition) is 7. The zero-order chi connectivity index (χ0) is 18.4. The number of hydrogen-bond donors (Lipinski definition) is 0. The van der Waals surface area contributed by atoms with Gasteiger partial charge in [-0.2, -0.15) is 10.2 Å². The van der Waals surface area contributed by atoms with Crippen LogP contribution in [0.2, 0.25) is 5.02 Å². The van der Waals surface area contributed by atoms with E-state index in [-0.39, 0.29) is 10.6 Å². The second kappa shape index (κ2) is 6.24. The topological polar surface area (TPSA) is 85.0 Å². The quantitative estimate of drug-likeness (QED) is 0.654. The molecule has 10 heteroatoms. The van der Waals surface area contributed by atoms with Crippen LogP contribution >= 0.6 is 11.6 Å². The van der Waals surface area contributed by atoms with Gasteiger partial charge in [-0.25, -0.2) is 14.6 Å². The summed E-state index contributed by atoms with van der Waals surface area (Å²) in [6, 6.07) is 0. The summed E-state index contributed by atoms with van der Waals surface area (Å²) in [5, 5.41) is 9.53. The Morgan fingerprint density at radius 3 is 2.35 bits per heavy atom. The van der Waals surface area contributed by atoms with Crippen molar-refractivity contribution in [2.24, 2.45) is 14.1 Å². The van der Waals surface area contributed by atoms with Crippen LogP contribution in [0.5, 0.6) is 0 Å². The zero-order valence-corrected chi connectivity index (χ0v) is 15.6. The van der Waals surface area contributed by atoms with E-state index < -0.39 is 0 Å². The lowest BCUT2D eigenvalue weighted by Gasteiger charge is -2.37. The van der Waals surface area contributed by atoms with Crippen molar-refractivity contribution in [1.29, 1.82) is 0 Å². The Kier molecular flexibility index (Phi) is 4.03. The van der Waals surface area contributed by atoms with Crippen LogP contribution in [0, 0.1) is 6.92 Å². The van der Waals surface area contributed by atoms with Gasteiger partial charge < -0.3 is 9.80 Å². The molecule has 0 saturated carbocycles. The van der Waals surface area contributed by atoms with Gasteiger partial charge in [0.25, 0.3) is 5.56 Å². The van der Waals surface area contributed by atoms with Gasteiger partial charge in [-0.05, 0) is 6.92 Å². The average Bonchev–Trinajstić information content (AvgIpc) is 3.00. The number of halogens is 1. The average molecular weight is 375 g/mol. The fraction of sp³-hybridized carbons (Fsp3) is 0.438. The molecule has 0 N–H and O–H groups in total. The third kappa shape index (κ3) is 2.68. The molecule has 1 aliphatic rings. The van der Waals surface area contributed by atoms with Gasteiger partial charge in [0.05, 0.1) is 23.5 Å². The van der Waals surface area contributed by atoms with Crippen molar-refractivity contribution in [1.82, 2.24) is 29.5 Å². The Balaban J connectivity index is 1.60. The molecule has 0 spiro atoms. The van der Waals surface area contributed by atoms with Crippen molar-refractivity contribution in [2.45, 2.75) is 6.92 Å². The van der Waals surface area contributed by atoms with Crippen molar-refractivity contribution in [3.05, 3.63) is 33.6 Å². The SMILES string of the molecule is Cc1nc(N2CCN(c3cnn(C)c(=O)c3Cl)CC2)c2cnn(C)c2n1. The van der Waals surface area contributed by atoms with Gasteiger partial charge >= 0.3 is 0 Å². The number of aryl methyl sites for hydroxylation is 3. The standard InChI is InChI=1S/C16H19ClN8O/c1-10-20-14-11(8-18-22(14)2)15(21-10)25-6-4-24(5-7-25)12-9-19-23(3)16(26)13(12)17/h8-9H,4-7H2,1-3H3. The minimum absolute atomic E-state index is 0.212. The summed E-state index contributed by atoms with van der Waals surface area (Å²) in [5.41, 5.74) is 1.23. The molecular weight excluding hydrogens is 356 g/mol. The van der Waals surface area contributed by atoms with E-state index in [1.807, 2.05) is 14.0 Å². The van der Waals surface area contributed by atoms with Crippen molar-refractivity contribution >= 4 is 34.1 Å². The molecule has 0 radical (unpaired) electrons. The van der Waals surface area contributed by atoms with Crippen LogP contribution in [0.3, 0.4) is 0 Å². The summed E-state index contributed by atoms with van der Waals surface area (Å²) in [6.45, 7) is 4.84. The van der Waals surface area contributed by atoms with Gasteiger partial charge in [0.2, 0.25) is 0 Å². The molecule has 0 amide bonds. The van der Waals surface area contributed by atoms with E-state index in [4.69, 9.17) is 11.6 Å².